The van der Waals surface area contributed by atoms with Crippen molar-refractivity contribution in [3.8, 4) is 0 Å². The van der Waals surface area contributed by atoms with Gasteiger partial charge in [-0.25, -0.2) is 0 Å². The summed E-state index contributed by atoms with van der Waals surface area (Å²) >= 11 is 0. The van der Waals surface area contributed by atoms with Crippen molar-refractivity contribution in [3.63, 3.8) is 0 Å². The number of nitrogens with zero attached hydrogens (tertiary/aromatic N) is 2. The van der Waals surface area contributed by atoms with Crippen molar-refractivity contribution in [3.05, 3.63) is 11.4 Å². The molecule has 5 nitrogen and oxygen atoms in total. The maximum absolute atomic E-state index is 6.27. The van der Waals surface area contributed by atoms with Crippen LogP contribution in [0.4, 0.5) is 5.69 Å². The second kappa shape index (κ2) is 5.97. The SMILES string of the molecule is CCc1nn(C2CCOC3(CCOCC3)C2)c(CC)c1N. The number of nitrogens with two attached hydrogens (primary N) is 1. The van der Waals surface area contributed by atoms with Gasteiger partial charge in [0.2, 0.25) is 0 Å². The Bertz CT molecular complexity index is 486. The minimum absolute atomic E-state index is 0.000726. The van der Waals surface area contributed by atoms with Gasteiger partial charge in [-0.2, -0.15) is 5.10 Å². The van der Waals surface area contributed by atoms with Crippen molar-refractivity contribution < 1.29 is 9.47 Å². The van der Waals surface area contributed by atoms with E-state index in [1.807, 2.05) is 0 Å². The zero-order valence-corrected chi connectivity index (χ0v) is 13.2. The Balaban J connectivity index is 1.86. The molecule has 2 aliphatic rings. The molecule has 0 amide bonds. The van der Waals surface area contributed by atoms with E-state index in [1.165, 1.54) is 5.69 Å². The van der Waals surface area contributed by atoms with Gasteiger partial charge in [0.05, 0.1) is 28.7 Å². The average molecular weight is 293 g/mol. The van der Waals surface area contributed by atoms with Crippen LogP contribution in [0.1, 0.15) is 57.0 Å². The quantitative estimate of drug-likeness (QED) is 0.930. The molecule has 0 aromatic carbocycles. The molecule has 1 unspecified atom stereocenters. The first-order valence-electron chi connectivity index (χ1n) is 8.26. The smallest absolute Gasteiger partial charge is 0.0854 e. The van der Waals surface area contributed by atoms with E-state index in [0.29, 0.717) is 6.04 Å². The van der Waals surface area contributed by atoms with Crippen LogP contribution in [0, 0.1) is 0 Å². The first kappa shape index (κ1) is 14.9. The molecule has 0 bridgehead atoms. The van der Waals surface area contributed by atoms with Crippen LogP contribution in [0.15, 0.2) is 0 Å². The largest absolute Gasteiger partial charge is 0.396 e. The Hall–Kier alpha value is -1.07. The van der Waals surface area contributed by atoms with E-state index in [1.54, 1.807) is 0 Å². The maximum atomic E-state index is 6.27. The molecular formula is C16H27N3O2. The Kier molecular flexibility index (Phi) is 4.22. The van der Waals surface area contributed by atoms with Gasteiger partial charge in [-0.1, -0.05) is 13.8 Å². The maximum Gasteiger partial charge on any atom is 0.0854 e. The van der Waals surface area contributed by atoms with Crippen molar-refractivity contribution in [2.75, 3.05) is 25.6 Å². The first-order valence-corrected chi connectivity index (χ1v) is 8.26. The van der Waals surface area contributed by atoms with Crippen LogP contribution in [0.25, 0.3) is 0 Å². The highest BCUT2D eigenvalue weighted by Crippen LogP contribution is 2.40. The van der Waals surface area contributed by atoms with Crippen LogP contribution in [0.2, 0.25) is 0 Å². The zero-order chi connectivity index (χ0) is 14.9. The summed E-state index contributed by atoms with van der Waals surface area (Å²) in [4.78, 5) is 0. The van der Waals surface area contributed by atoms with E-state index >= 15 is 0 Å². The molecule has 1 aromatic rings. The lowest BCUT2D eigenvalue weighted by atomic mass is 9.84. The summed E-state index contributed by atoms with van der Waals surface area (Å²) in [6.45, 7) is 6.72. The van der Waals surface area contributed by atoms with E-state index in [4.69, 9.17) is 20.3 Å². The fourth-order valence-electron chi connectivity index (χ4n) is 3.75. The monoisotopic (exact) mass is 293 g/mol. The number of anilines is 1. The Morgan fingerprint density at radius 3 is 2.67 bits per heavy atom. The molecule has 1 spiro atoms. The van der Waals surface area contributed by atoms with Gasteiger partial charge in [0, 0.05) is 19.8 Å². The van der Waals surface area contributed by atoms with Gasteiger partial charge in [0.15, 0.2) is 0 Å². The fourth-order valence-corrected chi connectivity index (χ4v) is 3.75. The Labute approximate surface area is 126 Å². The van der Waals surface area contributed by atoms with Gasteiger partial charge < -0.3 is 15.2 Å². The van der Waals surface area contributed by atoms with Crippen molar-refractivity contribution in [2.45, 2.75) is 64.0 Å². The number of hydrogen-bond acceptors (Lipinski definition) is 4. The molecule has 2 saturated heterocycles. The molecule has 3 heterocycles. The topological polar surface area (TPSA) is 62.3 Å². The van der Waals surface area contributed by atoms with Gasteiger partial charge in [-0.3, -0.25) is 4.68 Å². The Morgan fingerprint density at radius 2 is 2.00 bits per heavy atom. The van der Waals surface area contributed by atoms with Crippen LogP contribution in [-0.2, 0) is 22.3 Å². The molecule has 1 atom stereocenters. The van der Waals surface area contributed by atoms with Gasteiger partial charge in [-0.05, 0) is 38.5 Å². The lowest BCUT2D eigenvalue weighted by Gasteiger charge is -2.43. The second-order valence-electron chi connectivity index (χ2n) is 6.25. The molecule has 21 heavy (non-hydrogen) atoms. The summed E-state index contributed by atoms with van der Waals surface area (Å²) < 4.78 is 13.8. The fraction of sp³-hybridized carbons (Fsp3) is 0.812. The number of ether oxygens (including phenoxy) is 2. The summed E-state index contributed by atoms with van der Waals surface area (Å²) in [5.41, 5.74) is 9.40. The highest BCUT2D eigenvalue weighted by atomic mass is 16.5. The molecule has 3 rings (SSSR count). The lowest BCUT2D eigenvalue weighted by molar-refractivity contribution is -0.145. The number of nitrogen functional groups attached to an aromatic ring is 1. The first-order chi connectivity index (χ1) is 10.2. The number of aromatic nitrogens is 2. The molecule has 1 aromatic heterocycles. The van der Waals surface area contributed by atoms with Crippen LogP contribution >= 0.6 is 0 Å². The van der Waals surface area contributed by atoms with E-state index < -0.39 is 0 Å². The normalized spacial score (nSPS) is 25.3. The number of hydrogen-bond donors (Lipinski definition) is 1. The molecule has 2 N–H and O–H groups in total. The summed E-state index contributed by atoms with van der Waals surface area (Å²) in [5.74, 6) is 0. The highest BCUT2D eigenvalue weighted by molar-refractivity contribution is 5.48. The third-order valence-corrected chi connectivity index (χ3v) is 5.01. The molecule has 0 saturated carbocycles. The van der Waals surface area contributed by atoms with Gasteiger partial charge in [-0.15, -0.1) is 0 Å². The van der Waals surface area contributed by atoms with Gasteiger partial charge in [0.1, 0.15) is 0 Å². The molecule has 118 valence electrons. The summed E-state index contributed by atoms with van der Waals surface area (Å²) in [7, 11) is 0. The average Bonchev–Trinajstić information content (AvgIpc) is 2.84. The van der Waals surface area contributed by atoms with Crippen LogP contribution in [-0.4, -0.2) is 35.2 Å². The predicted molar refractivity (Wildman–Crippen MR) is 82.4 cm³/mol. The standard InChI is InChI=1S/C16H27N3O2/c1-3-13-15(17)14(4-2)19(18-13)12-5-8-21-16(11-12)6-9-20-10-7-16/h12H,3-11,17H2,1-2H3. The van der Waals surface area contributed by atoms with Gasteiger partial charge in [0.25, 0.3) is 0 Å². The molecule has 0 radical (unpaired) electrons. The highest BCUT2D eigenvalue weighted by Gasteiger charge is 2.40. The predicted octanol–water partition coefficient (Wildman–Crippen LogP) is 2.49. The number of aryl methyl sites for hydroxylation is 1. The van der Waals surface area contributed by atoms with Crippen molar-refractivity contribution in [1.82, 2.24) is 9.78 Å². The van der Waals surface area contributed by atoms with Crippen molar-refractivity contribution in [1.29, 1.82) is 0 Å². The van der Waals surface area contributed by atoms with E-state index in [9.17, 15) is 0 Å². The van der Waals surface area contributed by atoms with E-state index in [0.717, 1.165) is 69.7 Å². The molecular weight excluding hydrogens is 266 g/mol. The second-order valence-corrected chi connectivity index (χ2v) is 6.25. The minimum atomic E-state index is -0.000726. The summed E-state index contributed by atoms with van der Waals surface area (Å²) in [6, 6.07) is 0.411. The van der Waals surface area contributed by atoms with E-state index in [2.05, 4.69) is 18.5 Å². The zero-order valence-electron chi connectivity index (χ0n) is 13.2. The van der Waals surface area contributed by atoms with Crippen molar-refractivity contribution in [2.24, 2.45) is 0 Å². The van der Waals surface area contributed by atoms with Crippen LogP contribution in [0.5, 0.6) is 0 Å². The molecule has 0 aliphatic carbocycles. The third kappa shape index (κ3) is 2.69. The molecule has 5 heteroatoms. The van der Waals surface area contributed by atoms with Crippen LogP contribution in [0.3, 0.4) is 0 Å². The lowest BCUT2D eigenvalue weighted by Crippen LogP contribution is -2.45. The summed E-state index contributed by atoms with van der Waals surface area (Å²) in [5, 5.41) is 4.81. The Morgan fingerprint density at radius 1 is 1.24 bits per heavy atom. The van der Waals surface area contributed by atoms with Gasteiger partial charge >= 0.3 is 0 Å². The third-order valence-electron chi connectivity index (χ3n) is 5.01. The van der Waals surface area contributed by atoms with Crippen molar-refractivity contribution >= 4 is 5.69 Å². The number of rotatable bonds is 3. The van der Waals surface area contributed by atoms with E-state index in [-0.39, 0.29) is 5.60 Å². The minimum Gasteiger partial charge on any atom is -0.396 e. The van der Waals surface area contributed by atoms with Crippen LogP contribution < -0.4 is 5.73 Å². The summed E-state index contributed by atoms with van der Waals surface area (Å²) in [6.07, 6.45) is 5.90. The molecule has 2 fully saturated rings. The molecule has 2 aliphatic heterocycles.